The molecule has 0 saturated carbocycles. The van der Waals surface area contributed by atoms with Gasteiger partial charge in [0.2, 0.25) is 0 Å². The molecule has 0 bridgehead atoms. The van der Waals surface area contributed by atoms with Crippen LogP contribution in [0.2, 0.25) is 0 Å². The molecule has 0 unspecified atom stereocenters. The monoisotopic (exact) mass is 204 g/mol. The first-order chi connectivity index (χ1) is 5.91. The molecule has 0 N–H and O–H groups in total. The van der Waals surface area contributed by atoms with E-state index < -0.39 is 11.7 Å². The van der Waals surface area contributed by atoms with Crippen LogP contribution in [-0.2, 0) is 6.18 Å². The Kier molecular flexibility index (Phi) is 2.71. The predicted molar refractivity (Wildman–Crippen MR) is 48.8 cm³/mol. The van der Waals surface area contributed by atoms with Gasteiger partial charge in [0.1, 0.15) is 0 Å². The highest BCUT2D eigenvalue weighted by Crippen LogP contribution is 2.29. The minimum Gasteiger partial charge on any atom is -0.166 e. The number of hydrogen-bond acceptors (Lipinski definition) is 1. The Labute approximate surface area is 79.4 Å². The van der Waals surface area contributed by atoms with Gasteiger partial charge in [0.05, 0.1) is 5.56 Å². The van der Waals surface area contributed by atoms with Crippen LogP contribution in [0.1, 0.15) is 18.1 Å². The highest BCUT2D eigenvalue weighted by molar-refractivity contribution is 7.80. The topological polar surface area (TPSA) is 0 Å². The van der Waals surface area contributed by atoms with Crippen LogP contribution in [0.4, 0.5) is 13.2 Å². The van der Waals surface area contributed by atoms with Gasteiger partial charge in [0.15, 0.2) is 0 Å². The van der Waals surface area contributed by atoms with Crippen LogP contribution < -0.4 is 0 Å². The third-order valence-corrected chi connectivity index (χ3v) is 1.85. The van der Waals surface area contributed by atoms with Gasteiger partial charge in [-0.25, -0.2) is 0 Å². The summed E-state index contributed by atoms with van der Waals surface area (Å²) in [6, 6.07) is 4.83. The standard InChI is InChI=1S/C9H7F3S/c1-6(13)7-2-4-8(5-3-7)9(10,11)12/h2-5H,1H3. The molecule has 0 fully saturated rings. The molecule has 0 nitrogen and oxygen atoms in total. The quantitative estimate of drug-likeness (QED) is 0.498. The second kappa shape index (κ2) is 3.46. The van der Waals surface area contributed by atoms with E-state index in [1.165, 1.54) is 12.1 Å². The van der Waals surface area contributed by atoms with Crippen LogP contribution in [0.5, 0.6) is 0 Å². The van der Waals surface area contributed by atoms with Crippen molar-refractivity contribution < 1.29 is 13.2 Å². The van der Waals surface area contributed by atoms with E-state index in [0.717, 1.165) is 12.1 Å². The highest BCUT2D eigenvalue weighted by atomic mass is 32.1. The fourth-order valence-electron chi connectivity index (χ4n) is 0.894. The van der Waals surface area contributed by atoms with Crippen molar-refractivity contribution >= 4 is 17.1 Å². The Morgan fingerprint density at radius 2 is 1.62 bits per heavy atom. The van der Waals surface area contributed by atoms with Crippen molar-refractivity contribution in [3.8, 4) is 0 Å². The minimum atomic E-state index is -4.27. The summed E-state index contributed by atoms with van der Waals surface area (Å²) < 4.78 is 36.3. The average molecular weight is 204 g/mol. The normalized spacial score (nSPS) is 11.4. The van der Waals surface area contributed by atoms with E-state index in [-0.39, 0.29) is 0 Å². The molecule has 0 aliphatic rings. The smallest absolute Gasteiger partial charge is 0.166 e. The lowest BCUT2D eigenvalue weighted by atomic mass is 10.1. The van der Waals surface area contributed by atoms with Gasteiger partial charge in [0, 0.05) is 4.86 Å². The molecule has 70 valence electrons. The molecule has 0 spiro atoms. The van der Waals surface area contributed by atoms with Crippen LogP contribution >= 0.6 is 12.2 Å². The van der Waals surface area contributed by atoms with Gasteiger partial charge in [-0.1, -0.05) is 24.4 Å². The molecule has 4 heteroatoms. The molecule has 0 aromatic heterocycles. The molecule has 0 aliphatic carbocycles. The third-order valence-electron chi connectivity index (χ3n) is 1.62. The van der Waals surface area contributed by atoms with Crippen molar-refractivity contribution in [2.45, 2.75) is 13.1 Å². The SMILES string of the molecule is CC(=S)c1ccc(C(F)(F)F)cc1. The fourth-order valence-corrected chi connectivity index (χ4v) is 1.03. The van der Waals surface area contributed by atoms with Crippen molar-refractivity contribution in [2.75, 3.05) is 0 Å². The zero-order valence-corrected chi connectivity index (χ0v) is 7.67. The molecule has 1 rings (SSSR count). The zero-order valence-electron chi connectivity index (χ0n) is 6.85. The van der Waals surface area contributed by atoms with Crippen molar-refractivity contribution in [1.29, 1.82) is 0 Å². The van der Waals surface area contributed by atoms with Crippen molar-refractivity contribution in [1.82, 2.24) is 0 Å². The van der Waals surface area contributed by atoms with E-state index in [2.05, 4.69) is 0 Å². The Hall–Kier alpha value is -0.900. The summed E-state index contributed by atoms with van der Waals surface area (Å²) in [5.74, 6) is 0. The van der Waals surface area contributed by atoms with Crippen molar-refractivity contribution in [2.24, 2.45) is 0 Å². The van der Waals surface area contributed by atoms with E-state index >= 15 is 0 Å². The molecule has 0 heterocycles. The molecular weight excluding hydrogens is 197 g/mol. The Morgan fingerprint density at radius 3 is 1.92 bits per heavy atom. The largest absolute Gasteiger partial charge is 0.416 e. The number of benzene rings is 1. The van der Waals surface area contributed by atoms with Crippen LogP contribution in [0, 0.1) is 0 Å². The maximum Gasteiger partial charge on any atom is 0.416 e. The van der Waals surface area contributed by atoms with Gasteiger partial charge in [-0.05, 0) is 24.6 Å². The van der Waals surface area contributed by atoms with Crippen LogP contribution in [0.15, 0.2) is 24.3 Å². The van der Waals surface area contributed by atoms with Crippen LogP contribution in [0.25, 0.3) is 0 Å². The number of rotatable bonds is 1. The highest BCUT2D eigenvalue weighted by Gasteiger charge is 2.29. The summed E-state index contributed by atoms with van der Waals surface area (Å²) in [6.45, 7) is 1.68. The Morgan fingerprint density at radius 1 is 1.15 bits per heavy atom. The fraction of sp³-hybridized carbons (Fsp3) is 0.222. The lowest BCUT2D eigenvalue weighted by molar-refractivity contribution is -0.137. The van der Waals surface area contributed by atoms with E-state index in [1.807, 2.05) is 0 Å². The van der Waals surface area contributed by atoms with E-state index in [1.54, 1.807) is 6.92 Å². The minimum absolute atomic E-state index is 0.591. The number of alkyl halides is 3. The summed E-state index contributed by atoms with van der Waals surface area (Å²) in [7, 11) is 0. The van der Waals surface area contributed by atoms with E-state index in [4.69, 9.17) is 12.2 Å². The van der Waals surface area contributed by atoms with Gasteiger partial charge in [-0.2, -0.15) is 13.2 Å². The molecule has 0 amide bonds. The Bertz CT molecular complexity index is 311. The van der Waals surface area contributed by atoms with Gasteiger partial charge in [-0.3, -0.25) is 0 Å². The summed E-state index contributed by atoms with van der Waals surface area (Å²) in [4.78, 5) is 0.591. The second-order valence-corrected chi connectivity index (χ2v) is 3.24. The molecule has 13 heavy (non-hydrogen) atoms. The van der Waals surface area contributed by atoms with Gasteiger partial charge in [0.25, 0.3) is 0 Å². The Balaban J connectivity index is 3.01. The molecule has 0 aliphatic heterocycles. The summed E-state index contributed by atoms with van der Waals surface area (Å²) in [5.41, 5.74) is 0.00972. The molecule has 0 radical (unpaired) electrons. The zero-order chi connectivity index (χ0) is 10.1. The summed E-state index contributed by atoms with van der Waals surface area (Å²) >= 11 is 4.82. The maximum absolute atomic E-state index is 12.1. The molecule has 0 saturated heterocycles. The van der Waals surface area contributed by atoms with Crippen molar-refractivity contribution in [3.63, 3.8) is 0 Å². The lowest BCUT2D eigenvalue weighted by Gasteiger charge is -2.06. The molecular formula is C9H7F3S. The van der Waals surface area contributed by atoms with E-state index in [0.29, 0.717) is 10.4 Å². The first-order valence-corrected chi connectivity index (χ1v) is 4.00. The molecule has 1 aromatic carbocycles. The molecule has 1 aromatic rings. The summed E-state index contributed by atoms with van der Waals surface area (Å²) in [5, 5.41) is 0. The third kappa shape index (κ3) is 2.52. The maximum atomic E-state index is 12.1. The number of halogens is 3. The first kappa shape index (κ1) is 10.2. The van der Waals surface area contributed by atoms with Crippen LogP contribution in [0.3, 0.4) is 0 Å². The number of hydrogen-bond donors (Lipinski definition) is 0. The van der Waals surface area contributed by atoms with Gasteiger partial charge in [-0.15, -0.1) is 0 Å². The molecule has 0 atom stereocenters. The summed E-state index contributed by atoms with van der Waals surface area (Å²) in [6.07, 6.45) is -4.27. The van der Waals surface area contributed by atoms with E-state index in [9.17, 15) is 13.2 Å². The first-order valence-electron chi connectivity index (χ1n) is 3.59. The predicted octanol–water partition coefficient (Wildman–Crippen LogP) is 3.44. The average Bonchev–Trinajstić information content (AvgIpc) is 2.03. The van der Waals surface area contributed by atoms with Crippen molar-refractivity contribution in [3.05, 3.63) is 35.4 Å². The van der Waals surface area contributed by atoms with Crippen LogP contribution in [-0.4, -0.2) is 4.86 Å². The lowest BCUT2D eigenvalue weighted by Crippen LogP contribution is -2.04. The second-order valence-electron chi connectivity index (χ2n) is 2.63. The van der Waals surface area contributed by atoms with Gasteiger partial charge >= 0.3 is 6.18 Å². The van der Waals surface area contributed by atoms with Gasteiger partial charge < -0.3 is 0 Å². The number of thiocarbonyl (C=S) groups is 1.